The molecule has 10 heteroatoms. The molecule has 0 radical (unpaired) electrons. The van der Waals surface area contributed by atoms with Crippen molar-refractivity contribution < 1.29 is 22.7 Å². The first-order chi connectivity index (χ1) is 20.3. The van der Waals surface area contributed by atoms with E-state index >= 15 is 0 Å². The highest BCUT2D eigenvalue weighted by atomic mass is 35.5. The van der Waals surface area contributed by atoms with Crippen LogP contribution in [-0.2, 0) is 32.6 Å². The predicted molar refractivity (Wildman–Crippen MR) is 162 cm³/mol. The lowest BCUT2D eigenvalue weighted by molar-refractivity contribution is -0.128. The summed E-state index contributed by atoms with van der Waals surface area (Å²) < 4.78 is 34.6. The van der Waals surface area contributed by atoms with Crippen LogP contribution in [0.4, 0.5) is 5.69 Å². The molecule has 1 aliphatic heterocycles. The van der Waals surface area contributed by atoms with Crippen LogP contribution in [0.1, 0.15) is 11.1 Å². The molecule has 1 aliphatic rings. The number of hydrogen-bond donors (Lipinski definition) is 1. The van der Waals surface area contributed by atoms with E-state index in [2.05, 4.69) is 5.32 Å². The molecule has 0 aromatic heterocycles. The zero-order valence-electron chi connectivity index (χ0n) is 22.7. The molecule has 5 rings (SSSR count). The number of halogens is 1. The second kappa shape index (κ2) is 13.2. The van der Waals surface area contributed by atoms with Gasteiger partial charge in [-0.3, -0.25) is 9.59 Å². The predicted octanol–water partition coefficient (Wildman–Crippen LogP) is 4.68. The third-order valence-electron chi connectivity index (χ3n) is 6.93. The summed E-state index contributed by atoms with van der Waals surface area (Å²) in [6, 6.07) is 31.7. The van der Waals surface area contributed by atoms with E-state index < -0.39 is 28.6 Å². The normalized spacial score (nSPS) is 14.6. The van der Waals surface area contributed by atoms with Gasteiger partial charge in [-0.1, -0.05) is 84.4 Å². The first-order valence-corrected chi connectivity index (χ1v) is 15.3. The lowest BCUT2D eigenvalue weighted by Gasteiger charge is -2.35. The fraction of sp³-hybridized carbons (Fsp3) is 0.188. The smallest absolute Gasteiger partial charge is 0.263 e. The second-order valence-electron chi connectivity index (χ2n) is 9.81. The zero-order chi connectivity index (χ0) is 29.5. The van der Waals surface area contributed by atoms with Crippen molar-refractivity contribution in [2.45, 2.75) is 24.0 Å². The molecule has 0 aliphatic carbocycles. The average Bonchev–Trinajstić information content (AvgIpc) is 3.02. The van der Waals surface area contributed by atoms with Crippen LogP contribution in [0.15, 0.2) is 114 Å². The summed E-state index contributed by atoms with van der Waals surface area (Å²) in [6.45, 7) is -0.107. The van der Waals surface area contributed by atoms with Crippen molar-refractivity contribution in [3.05, 3.63) is 125 Å². The standard InChI is InChI=1S/C32H30ClN3O5S/c33-26-15-17-27(18-16-26)42(39,40)35(20-19-24-9-3-1-4-10-24)23-31(37)36-22-30(41-29-14-8-7-13-28(29)36)32(38)34-21-25-11-5-2-6-12-25/h1-18,30H,19-23H2,(H,34,38). The van der Waals surface area contributed by atoms with Gasteiger partial charge >= 0.3 is 0 Å². The summed E-state index contributed by atoms with van der Waals surface area (Å²) >= 11 is 6.00. The zero-order valence-corrected chi connectivity index (χ0v) is 24.3. The maximum absolute atomic E-state index is 13.9. The first kappa shape index (κ1) is 29.3. The number of nitrogens with zero attached hydrogens (tertiary/aromatic N) is 2. The van der Waals surface area contributed by atoms with Gasteiger partial charge in [-0.2, -0.15) is 4.31 Å². The average molecular weight is 604 g/mol. The maximum atomic E-state index is 13.9. The van der Waals surface area contributed by atoms with Gasteiger partial charge in [0.1, 0.15) is 5.75 Å². The Labute approximate surface area is 250 Å². The number of hydrogen-bond acceptors (Lipinski definition) is 5. The molecule has 1 N–H and O–H groups in total. The second-order valence-corrected chi connectivity index (χ2v) is 12.2. The van der Waals surface area contributed by atoms with Crippen molar-refractivity contribution in [1.29, 1.82) is 0 Å². The molecular formula is C32H30ClN3O5S. The number of ether oxygens (including phenoxy) is 1. The van der Waals surface area contributed by atoms with E-state index in [0.29, 0.717) is 29.4 Å². The topological polar surface area (TPSA) is 96.0 Å². The molecule has 42 heavy (non-hydrogen) atoms. The summed E-state index contributed by atoms with van der Waals surface area (Å²) in [7, 11) is -4.05. The molecule has 1 atom stereocenters. The quantitative estimate of drug-likeness (QED) is 0.284. The van der Waals surface area contributed by atoms with Crippen molar-refractivity contribution >= 4 is 39.1 Å². The highest BCUT2D eigenvalue weighted by Gasteiger charge is 2.36. The molecule has 4 aromatic carbocycles. The Bertz CT molecular complexity index is 1630. The van der Waals surface area contributed by atoms with Crippen molar-refractivity contribution in [1.82, 2.24) is 9.62 Å². The molecule has 216 valence electrons. The third-order valence-corrected chi connectivity index (χ3v) is 9.04. The van der Waals surface area contributed by atoms with Gasteiger partial charge in [-0.25, -0.2) is 8.42 Å². The van der Waals surface area contributed by atoms with E-state index in [1.165, 1.54) is 33.5 Å². The molecule has 0 bridgehead atoms. The number of carbonyl (C=O) groups excluding carboxylic acids is 2. The van der Waals surface area contributed by atoms with Crippen LogP contribution in [0.3, 0.4) is 0 Å². The van der Waals surface area contributed by atoms with Crippen molar-refractivity contribution in [2.75, 3.05) is 24.5 Å². The Morgan fingerprint density at radius 1 is 0.857 bits per heavy atom. The summed E-state index contributed by atoms with van der Waals surface area (Å²) in [4.78, 5) is 28.4. The number of sulfonamides is 1. The Hall–Kier alpha value is -4.18. The van der Waals surface area contributed by atoms with Gasteiger partial charge in [0, 0.05) is 18.1 Å². The molecule has 2 amide bonds. The molecule has 0 saturated carbocycles. The fourth-order valence-corrected chi connectivity index (χ4v) is 6.20. The number of para-hydroxylation sites is 2. The van der Waals surface area contributed by atoms with Gasteiger partial charge in [0.25, 0.3) is 5.91 Å². The lowest BCUT2D eigenvalue weighted by atomic mass is 10.1. The minimum Gasteiger partial charge on any atom is -0.477 e. The third kappa shape index (κ3) is 6.99. The highest BCUT2D eigenvalue weighted by molar-refractivity contribution is 7.89. The van der Waals surface area contributed by atoms with Gasteiger partial charge in [0.15, 0.2) is 6.10 Å². The Morgan fingerprint density at radius 2 is 1.48 bits per heavy atom. The van der Waals surface area contributed by atoms with Crippen molar-refractivity contribution in [3.63, 3.8) is 0 Å². The number of anilines is 1. The van der Waals surface area contributed by atoms with E-state index in [9.17, 15) is 18.0 Å². The van der Waals surface area contributed by atoms with Crippen LogP contribution in [0.2, 0.25) is 5.02 Å². The summed E-state index contributed by atoms with van der Waals surface area (Å²) in [6.07, 6.45) is -0.566. The monoisotopic (exact) mass is 603 g/mol. The van der Waals surface area contributed by atoms with E-state index in [4.69, 9.17) is 16.3 Å². The number of benzene rings is 4. The van der Waals surface area contributed by atoms with Crippen LogP contribution in [0, 0.1) is 0 Å². The summed E-state index contributed by atoms with van der Waals surface area (Å²) in [5.74, 6) is -0.480. The largest absolute Gasteiger partial charge is 0.477 e. The van der Waals surface area contributed by atoms with Crippen LogP contribution in [0.25, 0.3) is 0 Å². The lowest BCUT2D eigenvalue weighted by Crippen LogP contribution is -2.53. The minimum absolute atomic E-state index is 0.0355. The Kier molecular flexibility index (Phi) is 9.22. The first-order valence-electron chi connectivity index (χ1n) is 13.5. The Morgan fingerprint density at radius 3 is 2.17 bits per heavy atom. The van der Waals surface area contributed by atoms with E-state index in [1.54, 1.807) is 24.3 Å². The van der Waals surface area contributed by atoms with Crippen LogP contribution < -0.4 is 15.0 Å². The summed E-state index contributed by atoms with van der Waals surface area (Å²) in [5, 5.41) is 3.27. The molecule has 8 nitrogen and oxygen atoms in total. The van der Waals surface area contributed by atoms with Gasteiger partial charge in [-0.05, 0) is 53.9 Å². The van der Waals surface area contributed by atoms with E-state index in [-0.39, 0.29) is 23.9 Å². The van der Waals surface area contributed by atoms with Crippen LogP contribution in [0.5, 0.6) is 5.75 Å². The van der Waals surface area contributed by atoms with Gasteiger partial charge in [0.05, 0.1) is 23.7 Å². The summed E-state index contributed by atoms with van der Waals surface area (Å²) in [5.41, 5.74) is 2.34. The molecular weight excluding hydrogens is 574 g/mol. The Balaban J connectivity index is 1.38. The van der Waals surface area contributed by atoms with Crippen LogP contribution >= 0.6 is 11.6 Å². The molecule has 1 unspecified atom stereocenters. The molecule has 4 aromatic rings. The van der Waals surface area contributed by atoms with Gasteiger partial charge in [0.2, 0.25) is 15.9 Å². The fourth-order valence-electron chi connectivity index (χ4n) is 4.68. The number of fused-ring (bicyclic) bond motifs is 1. The van der Waals surface area contributed by atoms with E-state index in [1.807, 2.05) is 60.7 Å². The minimum atomic E-state index is -4.05. The molecule has 1 heterocycles. The van der Waals surface area contributed by atoms with Gasteiger partial charge in [-0.15, -0.1) is 0 Å². The number of rotatable bonds is 10. The molecule has 0 spiro atoms. The molecule has 0 fully saturated rings. The SMILES string of the molecule is O=C(NCc1ccccc1)C1CN(C(=O)CN(CCc2ccccc2)S(=O)(=O)c2ccc(Cl)cc2)c2ccccc2O1. The number of nitrogens with one attached hydrogen (secondary N) is 1. The maximum Gasteiger partial charge on any atom is 0.263 e. The highest BCUT2D eigenvalue weighted by Crippen LogP contribution is 2.33. The number of amides is 2. The molecule has 0 saturated heterocycles. The van der Waals surface area contributed by atoms with E-state index in [0.717, 1.165) is 11.1 Å². The van der Waals surface area contributed by atoms with Crippen molar-refractivity contribution in [2.24, 2.45) is 0 Å². The van der Waals surface area contributed by atoms with Crippen molar-refractivity contribution in [3.8, 4) is 5.75 Å². The van der Waals surface area contributed by atoms with Gasteiger partial charge < -0.3 is 15.0 Å². The number of carbonyl (C=O) groups is 2. The van der Waals surface area contributed by atoms with Crippen LogP contribution in [-0.4, -0.2) is 50.3 Å².